The fourth-order valence-electron chi connectivity index (χ4n) is 1.99. The van der Waals surface area contributed by atoms with Crippen LogP contribution < -0.4 is 0 Å². The van der Waals surface area contributed by atoms with E-state index in [9.17, 15) is 4.79 Å². The van der Waals surface area contributed by atoms with E-state index in [0.29, 0.717) is 24.8 Å². The van der Waals surface area contributed by atoms with Gasteiger partial charge in [-0.1, -0.05) is 29.8 Å². The van der Waals surface area contributed by atoms with E-state index in [1.807, 2.05) is 7.05 Å². The molecule has 0 aromatic heterocycles. The Morgan fingerprint density at radius 3 is 2.43 bits per heavy atom. The monoisotopic (exact) mass is 189 g/mol. The van der Waals surface area contributed by atoms with Gasteiger partial charge in [-0.15, -0.1) is 0 Å². The van der Waals surface area contributed by atoms with Crippen LogP contribution in [-0.4, -0.2) is 24.3 Å². The quantitative estimate of drug-likeness (QED) is 0.673. The van der Waals surface area contributed by atoms with Crippen molar-refractivity contribution in [3.8, 4) is 0 Å². The fourth-order valence-corrected chi connectivity index (χ4v) is 1.99. The first-order valence-corrected chi connectivity index (χ1v) is 4.95. The van der Waals surface area contributed by atoms with Gasteiger partial charge in [-0.25, -0.2) is 0 Å². The van der Waals surface area contributed by atoms with E-state index in [0.717, 1.165) is 0 Å². The van der Waals surface area contributed by atoms with E-state index < -0.39 is 0 Å². The van der Waals surface area contributed by atoms with Gasteiger partial charge in [-0.3, -0.25) is 9.69 Å². The lowest BCUT2D eigenvalue weighted by atomic mass is 10.0. The van der Waals surface area contributed by atoms with Crippen molar-refractivity contribution in [1.29, 1.82) is 0 Å². The Bertz CT molecular complexity index is 342. The molecule has 1 unspecified atom stereocenters. The minimum Gasteiger partial charge on any atom is -0.298 e. The molecule has 0 saturated carbocycles. The van der Waals surface area contributed by atoms with Crippen LogP contribution in [0.4, 0.5) is 0 Å². The lowest BCUT2D eigenvalue weighted by Crippen LogP contribution is -2.18. The lowest BCUT2D eigenvalue weighted by Gasteiger charge is -2.18. The van der Waals surface area contributed by atoms with Crippen LogP contribution in [0, 0.1) is 6.92 Å². The summed E-state index contributed by atoms with van der Waals surface area (Å²) < 4.78 is 0. The van der Waals surface area contributed by atoms with Crippen molar-refractivity contribution >= 4 is 5.78 Å². The van der Waals surface area contributed by atoms with Crippen LogP contribution in [0.1, 0.15) is 23.6 Å². The summed E-state index contributed by atoms with van der Waals surface area (Å²) in [6, 6.07) is 8.74. The molecule has 1 heterocycles. The maximum absolute atomic E-state index is 11.3. The molecule has 1 aliphatic heterocycles. The van der Waals surface area contributed by atoms with Crippen LogP contribution in [0.3, 0.4) is 0 Å². The van der Waals surface area contributed by atoms with Gasteiger partial charge in [0.25, 0.3) is 0 Å². The van der Waals surface area contributed by atoms with Gasteiger partial charge in [0, 0.05) is 12.5 Å². The SMILES string of the molecule is Cc1ccc(C2CC(=O)CN2C)cc1. The number of carbonyl (C=O) groups is 1. The first kappa shape index (κ1) is 9.41. The molecule has 0 N–H and O–H groups in total. The summed E-state index contributed by atoms with van der Waals surface area (Å²) in [6.45, 7) is 2.67. The molecular formula is C12H15NO. The Morgan fingerprint density at radius 1 is 1.29 bits per heavy atom. The molecule has 2 heteroatoms. The molecular weight excluding hydrogens is 174 g/mol. The first-order chi connectivity index (χ1) is 6.66. The van der Waals surface area contributed by atoms with Crippen molar-refractivity contribution in [3.63, 3.8) is 0 Å². The molecule has 1 saturated heterocycles. The molecule has 0 radical (unpaired) electrons. The van der Waals surface area contributed by atoms with Crippen LogP contribution in [-0.2, 0) is 4.79 Å². The van der Waals surface area contributed by atoms with Crippen LogP contribution in [0.15, 0.2) is 24.3 Å². The lowest BCUT2D eigenvalue weighted by molar-refractivity contribution is -0.116. The predicted octanol–water partition coefficient (Wildman–Crippen LogP) is 1.94. The summed E-state index contributed by atoms with van der Waals surface area (Å²) in [7, 11) is 2.01. The Hall–Kier alpha value is -1.15. The molecule has 0 spiro atoms. The van der Waals surface area contributed by atoms with Gasteiger partial charge in [0.1, 0.15) is 5.78 Å². The van der Waals surface area contributed by atoms with Crippen molar-refractivity contribution in [2.24, 2.45) is 0 Å². The number of hydrogen-bond acceptors (Lipinski definition) is 2. The van der Waals surface area contributed by atoms with Crippen LogP contribution in [0.2, 0.25) is 0 Å². The van der Waals surface area contributed by atoms with Gasteiger partial charge >= 0.3 is 0 Å². The van der Waals surface area contributed by atoms with Gasteiger partial charge in [-0.2, -0.15) is 0 Å². The van der Waals surface area contributed by atoms with Crippen LogP contribution in [0.25, 0.3) is 0 Å². The maximum atomic E-state index is 11.3. The molecule has 74 valence electrons. The Balaban J connectivity index is 2.23. The summed E-state index contributed by atoms with van der Waals surface area (Å²) in [4.78, 5) is 13.4. The molecule has 0 aliphatic carbocycles. The molecule has 2 nitrogen and oxygen atoms in total. The predicted molar refractivity (Wildman–Crippen MR) is 56.2 cm³/mol. The molecule has 1 atom stereocenters. The van der Waals surface area contributed by atoms with Crippen molar-refractivity contribution in [2.75, 3.05) is 13.6 Å². The van der Waals surface area contributed by atoms with Crippen LogP contribution >= 0.6 is 0 Å². The summed E-state index contributed by atoms with van der Waals surface area (Å²) in [5, 5.41) is 0. The van der Waals surface area contributed by atoms with E-state index in [1.165, 1.54) is 11.1 Å². The average Bonchev–Trinajstić information content (AvgIpc) is 2.47. The maximum Gasteiger partial charge on any atom is 0.148 e. The zero-order valence-electron chi connectivity index (χ0n) is 8.66. The zero-order valence-corrected chi connectivity index (χ0v) is 8.66. The van der Waals surface area contributed by atoms with Gasteiger partial charge < -0.3 is 0 Å². The Morgan fingerprint density at radius 2 is 1.93 bits per heavy atom. The Kier molecular flexibility index (Phi) is 2.38. The summed E-state index contributed by atoms with van der Waals surface area (Å²) >= 11 is 0. The number of ketones is 1. The highest BCUT2D eigenvalue weighted by atomic mass is 16.1. The molecule has 0 amide bonds. The van der Waals surface area contributed by atoms with Gasteiger partial charge in [0.15, 0.2) is 0 Å². The fraction of sp³-hybridized carbons (Fsp3) is 0.417. The van der Waals surface area contributed by atoms with Gasteiger partial charge in [0.2, 0.25) is 0 Å². The highest BCUT2D eigenvalue weighted by Crippen LogP contribution is 2.28. The number of nitrogens with zero attached hydrogens (tertiary/aromatic N) is 1. The average molecular weight is 189 g/mol. The third kappa shape index (κ3) is 1.70. The second-order valence-electron chi connectivity index (χ2n) is 4.08. The number of rotatable bonds is 1. The molecule has 1 aliphatic rings. The molecule has 1 fully saturated rings. The summed E-state index contributed by atoms with van der Waals surface area (Å²) in [5.41, 5.74) is 2.52. The van der Waals surface area contributed by atoms with Crippen molar-refractivity contribution in [3.05, 3.63) is 35.4 Å². The molecule has 2 rings (SSSR count). The highest BCUT2D eigenvalue weighted by Gasteiger charge is 2.28. The number of hydrogen-bond donors (Lipinski definition) is 0. The second-order valence-corrected chi connectivity index (χ2v) is 4.08. The minimum atomic E-state index is 0.295. The molecule has 1 aromatic rings. The third-order valence-electron chi connectivity index (χ3n) is 2.84. The molecule has 1 aromatic carbocycles. The summed E-state index contributed by atoms with van der Waals surface area (Å²) in [6.07, 6.45) is 0.666. The number of likely N-dealkylation sites (tertiary alicyclic amines) is 1. The standard InChI is InChI=1S/C12H15NO/c1-9-3-5-10(6-4-9)12-7-11(14)8-13(12)2/h3-6,12H,7-8H2,1-2H3. The number of Topliss-reactive ketones (excluding diaryl/α,β-unsaturated/α-hetero) is 1. The third-order valence-corrected chi connectivity index (χ3v) is 2.84. The highest BCUT2D eigenvalue weighted by molar-refractivity contribution is 5.83. The molecule has 0 bridgehead atoms. The van der Waals surface area contributed by atoms with Crippen molar-refractivity contribution < 1.29 is 4.79 Å². The van der Waals surface area contributed by atoms with Crippen molar-refractivity contribution in [1.82, 2.24) is 4.90 Å². The van der Waals surface area contributed by atoms with E-state index >= 15 is 0 Å². The minimum absolute atomic E-state index is 0.295. The normalized spacial score (nSPS) is 23.0. The number of likely N-dealkylation sites (N-methyl/N-ethyl adjacent to an activating group) is 1. The van der Waals surface area contributed by atoms with E-state index in [-0.39, 0.29) is 0 Å². The topological polar surface area (TPSA) is 20.3 Å². The summed E-state index contributed by atoms with van der Waals surface area (Å²) in [5.74, 6) is 0.345. The Labute approximate surface area is 84.5 Å². The van der Waals surface area contributed by atoms with E-state index in [4.69, 9.17) is 0 Å². The van der Waals surface area contributed by atoms with Gasteiger partial charge in [0.05, 0.1) is 6.54 Å². The zero-order chi connectivity index (χ0) is 10.1. The largest absolute Gasteiger partial charge is 0.298 e. The second kappa shape index (κ2) is 3.54. The van der Waals surface area contributed by atoms with Gasteiger partial charge in [-0.05, 0) is 19.5 Å². The number of aryl methyl sites for hydroxylation is 1. The number of benzene rings is 1. The van der Waals surface area contributed by atoms with Crippen LogP contribution in [0.5, 0.6) is 0 Å². The molecule has 14 heavy (non-hydrogen) atoms. The first-order valence-electron chi connectivity index (χ1n) is 4.95. The smallest absolute Gasteiger partial charge is 0.148 e. The van der Waals surface area contributed by atoms with Crippen molar-refractivity contribution in [2.45, 2.75) is 19.4 Å². The van der Waals surface area contributed by atoms with E-state index in [1.54, 1.807) is 0 Å². The van der Waals surface area contributed by atoms with E-state index in [2.05, 4.69) is 36.1 Å². The number of carbonyl (C=O) groups excluding carboxylic acids is 1.